The minimum Gasteiger partial charge on any atom is -0.492 e. The molecule has 72 valence electrons. The molecule has 1 aromatic heterocycles. The van der Waals surface area contributed by atoms with E-state index in [0.717, 1.165) is 18.8 Å². The van der Waals surface area contributed by atoms with Gasteiger partial charge in [0, 0.05) is 12.3 Å². The van der Waals surface area contributed by atoms with E-state index >= 15 is 0 Å². The summed E-state index contributed by atoms with van der Waals surface area (Å²) in [7, 11) is 0. The Morgan fingerprint density at radius 1 is 1.38 bits per heavy atom. The lowest BCUT2D eigenvalue weighted by atomic mass is 10.3. The second kappa shape index (κ2) is 5.81. The van der Waals surface area contributed by atoms with Crippen molar-refractivity contribution in [2.75, 3.05) is 6.61 Å². The highest BCUT2D eigenvalue weighted by atomic mass is 35.5. The molecule has 0 saturated carbocycles. The van der Waals surface area contributed by atoms with E-state index < -0.39 is 0 Å². The van der Waals surface area contributed by atoms with Gasteiger partial charge in [0.15, 0.2) is 0 Å². The molecule has 0 aliphatic heterocycles. The topological polar surface area (TPSA) is 22.1 Å². The first-order chi connectivity index (χ1) is 6.33. The van der Waals surface area contributed by atoms with Crippen LogP contribution in [0.5, 0.6) is 5.75 Å². The number of nitrogens with zero attached hydrogens (tertiary/aromatic N) is 1. The minimum atomic E-state index is 0.619. The van der Waals surface area contributed by atoms with Crippen LogP contribution in [0.3, 0.4) is 0 Å². The third kappa shape index (κ3) is 4.13. The monoisotopic (exact) mass is 199 g/mol. The van der Waals surface area contributed by atoms with Crippen LogP contribution in [0.15, 0.2) is 18.5 Å². The molecule has 0 saturated heterocycles. The highest BCUT2D eigenvalue weighted by molar-refractivity contribution is 6.30. The number of unbranched alkanes of at least 4 members (excludes halogenated alkanes) is 2. The van der Waals surface area contributed by atoms with Crippen molar-refractivity contribution in [3.05, 3.63) is 23.5 Å². The van der Waals surface area contributed by atoms with E-state index in [2.05, 4.69) is 11.9 Å². The Hall–Kier alpha value is -0.760. The summed E-state index contributed by atoms with van der Waals surface area (Å²) in [6, 6.07) is 1.78. The van der Waals surface area contributed by atoms with E-state index in [0.29, 0.717) is 5.02 Å². The van der Waals surface area contributed by atoms with Crippen LogP contribution >= 0.6 is 11.6 Å². The van der Waals surface area contributed by atoms with Gasteiger partial charge < -0.3 is 4.74 Å². The number of pyridine rings is 1. The summed E-state index contributed by atoms with van der Waals surface area (Å²) in [5.74, 6) is 0.753. The normalized spacial score (nSPS) is 10.0. The molecular weight excluding hydrogens is 186 g/mol. The molecule has 2 nitrogen and oxygen atoms in total. The third-order valence-corrected chi connectivity index (χ3v) is 1.90. The number of aromatic nitrogens is 1. The Bertz CT molecular complexity index is 252. The van der Waals surface area contributed by atoms with Crippen molar-refractivity contribution in [2.45, 2.75) is 26.2 Å². The molecule has 0 N–H and O–H groups in total. The molecule has 3 heteroatoms. The number of ether oxygens (including phenoxy) is 1. The van der Waals surface area contributed by atoms with Gasteiger partial charge in [0.2, 0.25) is 0 Å². The summed E-state index contributed by atoms with van der Waals surface area (Å²) >= 11 is 5.74. The maximum Gasteiger partial charge on any atom is 0.139 e. The Kier molecular flexibility index (Phi) is 4.61. The van der Waals surface area contributed by atoms with E-state index in [9.17, 15) is 0 Å². The third-order valence-electron chi connectivity index (χ3n) is 1.70. The fourth-order valence-electron chi connectivity index (χ4n) is 1.01. The van der Waals surface area contributed by atoms with E-state index in [-0.39, 0.29) is 0 Å². The van der Waals surface area contributed by atoms with E-state index in [4.69, 9.17) is 16.3 Å². The lowest BCUT2D eigenvalue weighted by Gasteiger charge is -2.04. The zero-order valence-electron chi connectivity index (χ0n) is 7.79. The highest BCUT2D eigenvalue weighted by Crippen LogP contribution is 2.15. The molecule has 13 heavy (non-hydrogen) atoms. The van der Waals surface area contributed by atoms with Crippen LogP contribution in [0.1, 0.15) is 26.2 Å². The van der Waals surface area contributed by atoms with E-state index in [1.807, 2.05) is 0 Å². The van der Waals surface area contributed by atoms with Crippen LogP contribution in [0.2, 0.25) is 5.02 Å². The largest absolute Gasteiger partial charge is 0.492 e. The first kappa shape index (κ1) is 10.3. The van der Waals surface area contributed by atoms with Gasteiger partial charge in [-0.2, -0.15) is 0 Å². The molecule has 0 aliphatic carbocycles. The Morgan fingerprint density at radius 3 is 2.92 bits per heavy atom. The molecular formula is C10H14ClNO. The number of hydrogen-bond acceptors (Lipinski definition) is 2. The standard InChI is InChI=1S/C10H14ClNO/c1-2-3-4-5-13-10-6-9(11)7-12-8-10/h6-8H,2-5H2,1H3. The predicted octanol–water partition coefficient (Wildman–Crippen LogP) is 3.30. The second-order valence-electron chi connectivity index (χ2n) is 2.89. The van der Waals surface area contributed by atoms with Crippen LogP contribution in [0.4, 0.5) is 0 Å². The minimum absolute atomic E-state index is 0.619. The van der Waals surface area contributed by atoms with Crippen LogP contribution in [0.25, 0.3) is 0 Å². The second-order valence-corrected chi connectivity index (χ2v) is 3.33. The van der Waals surface area contributed by atoms with Crippen molar-refractivity contribution in [1.82, 2.24) is 4.98 Å². The fourth-order valence-corrected chi connectivity index (χ4v) is 1.18. The van der Waals surface area contributed by atoms with Crippen LogP contribution < -0.4 is 4.74 Å². The molecule has 0 amide bonds. The predicted molar refractivity (Wildman–Crippen MR) is 54.3 cm³/mol. The summed E-state index contributed by atoms with van der Waals surface area (Å²) in [6.07, 6.45) is 6.77. The summed E-state index contributed by atoms with van der Waals surface area (Å²) in [4.78, 5) is 3.93. The molecule has 0 aliphatic rings. The van der Waals surface area contributed by atoms with Gasteiger partial charge in [-0.3, -0.25) is 4.98 Å². The smallest absolute Gasteiger partial charge is 0.139 e. The highest BCUT2D eigenvalue weighted by Gasteiger charge is 1.94. The molecule has 1 aromatic rings. The molecule has 0 unspecified atom stereocenters. The van der Waals surface area contributed by atoms with Gasteiger partial charge >= 0.3 is 0 Å². The molecule has 0 aromatic carbocycles. The zero-order valence-corrected chi connectivity index (χ0v) is 8.55. The molecule has 0 fully saturated rings. The van der Waals surface area contributed by atoms with Crippen molar-refractivity contribution in [2.24, 2.45) is 0 Å². The Labute approximate surface area is 83.9 Å². The molecule has 0 bridgehead atoms. The quantitative estimate of drug-likeness (QED) is 0.679. The Morgan fingerprint density at radius 2 is 2.23 bits per heavy atom. The van der Waals surface area contributed by atoms with Crippen molar-refractivity contribution < 1.29 is 4.74 Å². The van der Waals surface area contributed by atoms with E-state index in [1.165, 1.54) is 12.8 Å². The average Bonchev–Trinajstić information content (AvgIpc) is 2.13. The van der Waals surface area contributed by atoms with E-state index in [1.54, 1.807) is 18.5 Å². The van der Waals surface area contributed by atoms with Gasteiger partial charge in [-0.25, -0.2) is 0 Å². The molecule has 0 radical (unpaired) electrons. The van der Waals surface area contributed by atoms with Gasteiger partial charge in [-0.15, -0.1) is 0 Å². The van der Waals surface area contributed by atoms with Gasteiger partial charge in [0.05, 0.1) is 17.8 Å². The maximum absolute atomic E-state index is 5.74. The van der Waals surface area contributed by atoms with Crippen molar-refractivity contribution in [3.8, 4) is 5.75 Å². The zero-order chi connectivity index (χ0) is 9.52. The number of halogens is 1. The maximum atomic E-state index is 5.74. The van der Waals surface area contributed by atoms with Crippen molar-refractivity contribution in [1.29, 1.82) is 0 Å². The lowest BCUT2D eigenvalue weighted by molar-refractivity contribution is 0.305. The first-order valence-electron chi connectivity index (χ1n) is 4.56. The van der Waals surface area contributed by atoms with Gasteiger partial charge in [0.1, 0.15) is 5.75 Å². The van der Waals surface area contributed by atoms with Crippen LogP contribution in [-0.4, -0.2) is 11.6 Å². The van der Waals surface area contributed by atoms with Crippen molar-refractivity contribution in [3.63, 3.8) is 0 Å². The summed E-state index contributed by atoms with van der Waals surface area (Å²) in [5.41, 5.74) is 0. The molecule has 1 rings (SSSR count). The van der Waals surface area contributed by atoms with Crippen LogP contribution in [-0.2, 0) is 0 Å². The molecule has 1 heterocycles. The average molecular weight is 200 g/mol. The van der Waals surface area contributed by atoms with Gasteiger partial charge in [0.25, 0.3) is 0 Å². The SMILES string of the molecule is CCCCCOc1cncc(Cl)c1. The summed E-state index contributed by atoms with van der Waals surface area (Å²) in [6.45, 7) is 2.91. The Balaban J connectivity index is 2.28. The number of hydrogen-bond donors (Lipinski definition) is 0. The summed E-state index contributed by atoms with van der Waals surface area (Å²) in [5, 5.41) is 0.619. The van der Waals surface area contributed by atoms with Gasteiger partial charge in [-0.05, 0) is 6.42 Å². The van der Waals surface area contributed by atoms with Gasteiger partial charge in [-0.1, -0.05) is 31.4 Å². The lowest BCUT2D eigenvalue weighted by Crippen LogP contribution is -1.97. The van der Waals surface area contributed by atoms with Crippen LogP contribution in [0, 0.1) is 0 Å². The molecule has 0 spiro atoms. The summed E-state index contributed by atoms with van der Waals surface area (Å²) < 4.78 is 5.44. The first-order valence-corrected chi connectivity index (χ1v) is 4.94. The molecule has 0 atom stereocenters. The number of rotatable bonds is 5. The fraction of sp³-hybridized carbons (Fsp3) is 0.500. The van der Waals surface area contributed by atoms with Crippen molar-refractivity contribution >= 4 is 11.6 Å².